The topological polar surface area (TPSA) is 347 Å². The molecule has 1 aromatic carbocycles. The molecule has 2 saturated carbocycles. The van der Waals surface area contributed by atoms with Crippen molar-refractivity contribution >= 4 is 85.9 Å². The molecule has 27 nitrogen and oxygen atoms in total. The average molecular weight is 1270 g/mol. The number of morpholine rings is 1. The second kappa shape index (κ2) is 30.6. The predicted octanol–water partition coefficient (Wildman–Crippen LogP) is 1.01. The van der Waals surface area contributed by atoms with E-state index in [1.54, 1.807) is 24.3 Å². The van der Waals surface area contributed by atoms with Gasteiger partial charge in [-0.1, -0.05) is 12.5 Å². The Bertz CT molecular complexity index is 3010. The number of unbranched alkanes of at least 4 members (excludes halogenated alkanes) is 1. The van der Waals surface area contributed by atoms with E-state index in [4.69, 9.17) is 28.4 Å². The molecule has 5 aliphatic heterocycles. The van der Waals surface area contributed by atoms with Gasteiger partial charge in [-0.05, 0) is 87.4 Å². The first kappa shape index (κ1) is 65.6. The highest BCUT2D eigenvalue weighted by molar-refractivity contribution is 8.00. The number of nitrogens with one attached hydrogen (secondary N) is 7. The van der Waals surface area contributed by atoms with E-state index in [2.05, 4.69) is 48.2 Å². The van der Waals surface area contributed by atoms with E-state index < -0.39 is 92.6 Å². The zero-order valence-electron chi connectivity index (χ0n) is 49.6. The monoisotopic (exact) mass is 1270 g/mol. The Balaban J connectivity index is 0.702. The number of rotatable bonds is 37. The molecule has 9 rings (SSSR count). The zero-order chi connectivity index (χ0) is 62.4. The number of likely N-dealkylation sites (tertiary alicyclic amines) is 2. The molecule has 2 aromatic rings. The maximum atomic E-state index is 15.0. The van der Waals surface area contributed by atoms with Crippen molar-refractivity contribution < 1.29 is 80.0 Å². The number of carbonyl (C=O) groups excluding carboxylic acids is 9. The number of methoxy groups -OCH3 is 1. The number of thioether (sulfide) groups is 1. The molecule has 482 valence electrons. The highest BCUT2D eigenvalue weighted by Crippen LogP contribution is 2.46. The Hall–Kier alpha value is -6.82. The summed E-state index contributed by atoms with van der Waals surface area (Å²) in [6.07, 6.45) is 6.53. The van der Waals surface area contributed by atoms with Crippen molar-refractivity contribution in [3.63, 3.8) is 0 Å². The van der Waals surface area contributed by atoms with Crippen LogP contribution in [-0.2, 0) is 67.3 Å². The number of nitrogens with zero attached hydrogens (tertiary/aromatic N) is 3. The van der Waals surface area contributed by atoms with Crippen LogP contribution in [0.25, 0.3) is 10.8 Å². The SMILES string of the molecule is C=C[C@H]1C[C@@]1(NC(=O)[C@@H]1CC(Oc2nccc3cc(OC)ccc23)CN1C(=O)[C@H](CCC(=O)N1C[C@@H]2C[C@H]1C(=O)O2)NC(=O)CCCC(=O)NCCCOCCOCCOCCCNC(=O)CCCC[C@@H]1SC[C@@H]2NC(=O)N[C@@H]21)C(=O)NS(=O)(=O)C1CC1. The van der Waals surface area contributed by atoms with Crippen LogP contribution in [0, 0.1) is 5.92 Å². The van der Waals surface area contributed by atoms with E-state index in [0.29, 0.717) is 108 Å². The molecule has 1 aromatic heterocycles. The second-order valence-corrected chi connectivity index (χ2v) is 26.6. The molecule has 7 N–H and O–H groups in total. The fourth-order valence-corrected chi connectivity index (χ4v) is 14.8. The Labute approximate surface area is 515 Å². The third-order valence-electron chi connectivity index (χ3n) is 16.9. The van der Waals surface area contributed by atoms with Gasteiger partial charge in [-0.15, -0.1) is 6.58 Å². The predicted molar refractivity (Wildman–Crippen MR) is 319 cm³/mol. The summed E-state index contributed by atoms with van der Waals surface area (Å²) in [4.78, 5) is 127. The van der Waals surface area contributed by atoms with Crippen LogP contribution >= 0.6 is 11.8 Å². The molecule has 7 aliphatic rings. The van der Waals surface area contributed by atoms with Gasteiger partial charge in [0.25, 0.3) is 5.91 Å². The number of carbonyl (C=O) groups is 9. The molecule has 10 atom stereocenters. The van der Waals surface area contributed by atoms with Gasteiger partial charge in [0.2, 0.25) is 51.3 Å². The van der Waals surface area contributed by atoms with Crippen molar-refractivity contribution in [2.45, 2.75) is 161 Å². The summed E-state index contributed by atoms with van der Waals surface area (Å²) in [6, 6.07) is 3.85. The van der Waals surface area contributed by atoms with Crippen LogP contribution in [0.1, 0.15) is 103 Å². The van der Waals surface area contributed by atoms with E-state index in [1.807, 2.05) is 11.8 Å². The molecular formula is C59H82N10O17S2. The Morgan fingerprint density at radius 3 is 2.23 bits per heavy atom. The van der Waals surface area contributed by atoms with Gasteiger partial charge in [-0.3, -0.25) is 38.3 Å². The second-order valence-electron chi connectivity index (χ2n) is 23.3. The van der Waals surface area contributed by atoms with Crippen molar-refractivity contribution in [3.8, 4) is 11.6 Å². The molecule has 29 heteroatoms. The maximum Gasteiger partial charge on any atom is 0.329 e. The molecule has 5 saturated heterocycles. The number of urea groups is 1. The first-order valence-corrected chi connectivity index (χ1v) is 33.2. The van der Waals surface area contributed by atoms with Crippen LogP contribution < -0.4 is 46.1 Å². The lowest BCUT2D eigenvalue weighted by Crippen LogP contribution is -2.58. The third kappa shape index (κ3) is 17.3. The summed E-state index contributed by atoms with van der Waals surface area (Å²) in [5, 5.41) is 18.2. The van der Waals surface area contributed by atoms with Gasteiger partial charge >= 0.3 is 12.0 Å². The smallest absolute Gasteiger partial charge is 0.329 e. The number of amides is 9. The summed E-state index contributed by atoms with van der Waals surface area (Å²) in [5.41, 5.74) is -1.68. The normalized spacial score (nSPS) is 25.2. The van der Waals surface area contributed by atoms with E-state index in [9.17, 15) is 46.8 Å². The lowest BCUT2D eigenvalue weighted by molar-refractivity contribution is -0.157. The maximum absolute atomic E-state index is 15.0. The minimum atomic E-state index is -4.01. The Kier molecular flexibility index (Phi) is 22.8. The van der Waals surface area contributed by atoms with Crippen LogP contribution in [0.4, 0.5) is 4.79 Å². The number of ether oxygens (including phenoxy) is 6. The van der Waals surface area contributed by atoms with Crippen molar-refractivity contribution in [3.05, 3.63) is 43.1 Å². The van der Waals surface area contributed by atoms with E-state index in [-0.39, 0.29) is 93.8 Å². The van der Waals surface area contributed by atoms with E-state index in [0.717, 1.165) is 30.4 Å². The van der Waals surface area contributed by atoms with Gasteiger partial charge in [0.1, 0.15) is 41.6 Å². The van der Waals surface area contributed by atoms with Crippen molar-refractivity contribution in [1.82, 2.24) is 51.4 Å². The van der Waals surface area contributed by atoms with Crippen LogP contribution in [0.5, 0.6) is 11.6 Å². The molecule has 2 bridgehead atoms. The number of pyridine rings is 1. The van der Waals surface area contributed by atoms with Gasteiger partial charge in [0.05, 0.1) is 64.0 Å². The number of esters is 1. The molecular weight excluding hydrogens is 1180 g/mol. The first-order chi connectivity index (χ1) is 42.4. The van der Waals surface area contributed by atoms with Crippen LogP contribution in [0.3, 0.4) is 0 Å². The lowest BCUT2D eigenvalue weighted by Gasteiger charge is -2.30. The summed E-state index contributed by atoms with van der Waals surface area (Å²) >= 11 is 1.88. The number of sulfonamides is 1. The Morgan fingerprint density at radius 1 is 0.852 bits per heavy atom. The largest absolute Gasteiger partial charge is 0.497 e. The fraction of sp³-hybridized carbons (Fsp3) is 0.661. The average Bonchev–Trinajstić information content (AvgIpc) is 1.68. The third-order valence-corrected chi connectivity index (χ3v) is 20.3. The fourth-order valence-electron chi connectivity index (χ4n) is 11.9. The first-order valence-electron chi connectivity index (χ1n) is 30.6. The van der Waals surface area contributed by atoms with Crippen molar-refractivity contribution in [2.75, 3.05) is 78.7 Å². The number of fused-ring (bicyclic) bond motifs is 4. The molecule has 88 heavy (non-hydrogen) atoms. The number of hydrogen-bond donors (Lipinski definition) is 7. The highest BCUT2D eigenvalue weighted by atomic mass is 32.2. The number of aromatic nitrogens is 1. The summed E-state index contributed by atoms with van der Waals surface area (Å²) in [7, 11) is -2.48. The van der Waals surface area contributed by atoms with Gasteiger partial charge in [-0.25, -0.2) is 23.0 Å². The Morgan fingerprint density at radius 2 is 1.56 bits per heavy atom. The molecule has 7 fully saturated rings. The van der Waals surface area contributed by atoms with Crippen molar-refractivity contribution in [1.29, 1.82) is 0 Å². The molecule has 9 amide bonds. The van der Waals surface area contributed by atoms with E-state index >= 15 is 4.79 Å². The quantitative estimate of drug-likeness (QED) is 0.0215. The van der Waals surface area contributed by atoms with Gasteiger partial charge in [0, 0.05) is 93.3 Å². The van der Waals surface area contributed by atoms with Gasteiger partial charge < -0.3 is 70.1 Å². The van der Waals surface area contributed by atoms with E-state index in [1.165, 1.54) is 29.2 Å². The lowest BCUT2D eigenvalue weighted by atomic mass is 10.0. The standard InChI is InChI=1S/C59H82N10O17S2/c1-3-37-32-59(37,57(77)67-88(79,80)41-14-15-41)66-53(74)45-30-39(85-54-42-16-13-38(81-2)29-36(42)19-22-62-54)34-69(45)55(75)43(17-18-51(73)68-33-40-31-46(68)56(76)86-40)63-50(72)12-6-11-49(71)61-21-8-24-83-26-28-84-27-25-82-23-7-20-60-48(70)10-5-4-9-47-52-44(35-87-47)64-58(78)65-52/h3,13,16,19,22,29,37,39-41,43-47,52H,1,4-12,14-15,17-18,20-21,23-28,30-35H2,2H3,(H,60,70)(H,61,71)(H,63,72)(H,66,74)(H,67,77)(H2,64,65,78)/t37-,39?,40-,43-,44-,45-,46-,47-,52-,59-/m0/s1. The van der Waals surface area contributed by atoms with Crippen LogP contribution in [0.2, 0.25) is 0 Å². The van der Waals surface area contributed by atoms with Gasteiger partial charge in [-0.2, -0.15) is 11.8 Å². The summed E-state index contributed by atoms with van der Waals surface area (Å²) in [6.45, 7) is 6.95. The van der Waals surface area contributed by atoms with Gasteiger partial charge in [0.15, 0.2) is 0 Å². The molecule has 6 heterocycles. The molecule has 0 spiro atoms. The summed E-state index contributed by atoms with van der Waals surface area (Å²) in [5.74, 6) is -3.23. The highest BCUT2D eigenvalue weighted by Gasteiger charge is 2.62. The van der Waals surface area contributed by atoms with Crippen LogP contribution in [-0.4, -0.2) is 214 Å². The molecule has 0 radical (unpaired) electrons. The van der Waals surface area contributed by atoms with Crippen molar-refractivity contribution in [2.24, 2.45) is 5.92 Å². The molecule has 1 unspecified atom stereocenters. The minimum Gasteiger partial charge on any atom is -0.497 e. The number of benzene rings is 1. The zero-order valence-corrected chi connectivity index (χ0v) is 51.3. The van der Waals surface area contributed by atoms with Crippen LogP contribution in [0.15, 0.2) is 43.1 Å². The minimum absolute atomic E-state index is 0.0156. The number of hydrogen-bond acceptors (Lipinski definition) is 19. The molecule has 2 aliphatic carbocycles. The summed E-state index contributed by atoms with van der Waals surface area (Å²) < 4.78 is 61.9.